The number of carbonyl (C=O) groups excluding carboxylic acids is 1. The molecule has 0 radical (unpaired) electrons. The number of hydrazone groups is 1. The minimum absolute atomic E-state index is 0.123. The molecule has 1 aromatic heterocycles. The molecule has 1 saturated heterocycles. The Labute approximate surface area is 182 Å². The molecule has 0 unspecified atom stereocenters. The second-order valence-electron chi connectivity index (χ2n) is 7.42. The van der Waals surface area contributed by atoms with Crippen molar-refractivity contribution in [3.8, 4) is 0 Å². The van der Waals surface area contributed by atoms with Crippen LogP contribution in [0, 0.1) is 0 Å². The van der Waals surface area contributed by atoms with Crippen LogP contribution in [0.3, 0.4) is 0 Å². The Hall–Kier alpha value is -3.23. The van der Waals surface area contributed by atoms with Crippen LogP contribution in [0.15, 0.2) is 82.9 Å². The number of carbonyl (C=O) groups is 1. The van der Waals surface area contributed by atoms with Gasteiger partial charge >= 0.3 is 0 Å². The number of rotatable bonds is 6. The van der Waals surface area contributed by atoms with Crippen LogP contribution in [0.4, 0.5) is 0 Å². The lowest BCUT2D eigenvalue weighted by atomic mass is 10.0. The zero-order valence-electron chi connectivity index (χ0n) is 17.2. The highest BCUT2D eigenvalue weighted by atomic mass is 32.2. The maximum absolute atomic E-state index is 12.8. The summed E-state index contributed by atoms with van der Waals surface area (Å²) < 4.78 is 28.6. The highest BCUT2D eigenvalue weighted by molar-refractivity contribution is 7.89. The van der Waals surface area contributed by atoms with Crippen molar-refractivity contribution < 1.29 is 13.2 Å². The van der Waals surface area contributed by atoms with Gasteiger partial charge in [-0.1, -0.05) is 60.7 Å². The summed E-state index contributed by atoms with van der Waals surface area (Å²) in [6.45, 7) is 1.03. The molecule has 1 fully saturated rings. The topological polar surface area (TPSA) is 83.8 Å². The fourth-order valence-corrected chi connectivity index (χ4v) is 5.22. The highest BCUT2D eigenvalue weighted by Crippen LogP contribution is 2.22. The van der Waals surface area contributed by atoms with Gasteiger partial charge in [0.25, 0.3) is 5.91 Å². The minimum atomic E-state index is -3.59. The van der Waals surface area contributed by atoms with Gasteiger partial charge in [0.05, 0.1) is 5.71 Å². The first-order chi connectivity index (χ1) is 15.0. The summed E-state index contributed by atoms with van der Waals surface area (Å²) >= 11 is 0. The Balaban J connectivity index is 1.61. The number of sulfonamides is 1. The largest absolute Gasteiger partial charge is 0.345 e. The summed E-state index contributed by atoms with van der Waals surface area (Å²) in [7, 11) is -1.94. The summed E-state index contributed by atoms with van der Waals surface area (Å²) in [6.07, 6.45) is 3.19. The molecule has 31 heavy (non-hydrogen) atoms. The zero-order valence-corrected chi connectivity index (χ0v) is 18.0. The summed E-state index contributed by atoms with van der Waals surface area (Å²) in [5.41, 5.74) is 5.15. The molecule has 1 aliphatic heterocycles. The second-order valence-corrected chi connectivity index (χ2v) is 9.35. The third-order valence-corrected chi connectivity index (χ3v) is 7.14. The highest BCUT2D eigenvalue weighted by Gasteiger charge is 2.29. The van der Waals surface area contributed by atoms with Gasteiger partial charge in [0.1, 0.15) is 10.6 Å². The van der Waals surface area contributed by atoms with Crippen LogP contribution in [-0.4, -0.2) is 42.0 Å². The lowest BCUT2D eigenvalue weighted by Crippen LogP contribution is -2.27. The third-order valence-electron chi connectivity index (χ3n) is 5.28. The fourth-order valence-electron chi connectivity index (χ4n) is 3.63. The number of amides is 1. The van der Waals surface area contributed by atoms with Crippen molar-refractivity contribution in [1.29, 1.82) is 0 Å². The van der Waals surface area contributed by atoms with Gasteiger partial charge in [0, 0.05) is 37.5 Å². The normalized spacial score (nSPS) is 14.4. The van der Waals surface area contributed by atoms with E-state index in [2.05, 4.69) is 10.5 Å². The Morgan fingerprint density at radius 2 is 1.48 bits per heavy atom. The molecule has 0 bridgehead atoms. The predicted octanol–water partition coefficient (Wildman–Crippen LogP) is 2.99. The third kappa shape index (κ3) is 4.45. The van der Waals surface area contributed by atoms with Crippen LogP contribution in [0.2, 0.25) is 0 Å². The van der Waals surface area contributed by atoms with Gasteiger partial charge < -0.3 is 4.57 Å². The molecule has 2 aromatic carbocycles. The van der Waals surface area contributed by atoms with E-state index < -0.39 is 15.9 Å². The van der Waals surface area contributed by atoms with E-state index in [-0.39, 0.29) is 10.6 Å². The van der Waals surface area contributed by atoms with Crippen molar-refractivity contribution >= 4 is 21.6 Å². The van der Waals surface area contributed by atoms with Crippen LogP contribution >= 0.6 is 0 Å². The number of aryl methyl sites for hydroxylation is 1. The van der Waals surface area contributed by atoms with Crippen molar-refractivity contribution in [1.82, 2.24) is 14.3 Å². The van der Waals surface area contributed by atoms with E-state index in [0.29, 0.717) is 18.8 Å². The van der Waals surface area contributed by atoms with Gasteiger partial charge in [0.2, 0.25) is 10.0 Å². The molecule has 7 nitrogen and oxygen atoms in total. The van der Waals surface area contributed by atoms with E-state index in [1.807, 2.05) is 60.7 Å². The van der Waals surface area contributed by atoms with Crippen molar-refractivity contribution in [2.24, 2.45) is 12.1 Å². The lowest BCUT2D eigenvalue weighted by Gasteiger charge is -2.13. The van der Waals surface area contributed by atoms with E-state index in [9.17, 15) is 13.2 Å². The van der Waals surface area contributed by atoms with Crippen LogP contribution < -0.4 is 5.43 Å². The van der Waals surface area contributed by atoms with Gasteiger partial charge in [-0.3, -0.25) is 4.79 Å². The first-order valence-corrected chi connectivity index (χ1v) is 11.6. The monoisotopic (exact) mass is 436 g/mol. The van der Waals surface area contributed by atoms with Crippen molar-refractivity contribution in [3.05, 3.63) is 89.7 Å². The Morgan fingerprint density at radius 1 is 0.935 bits per heavy atom. The minimum Gasteiger partial charge on any atom is -0.345 e. The van der Waals surface area contributed by atoms with Gasteiger partial charge in [-0.2, -0.15) is 9.41 Å². The molecule has 4 rings (SSSR count). The number of nitrogens with zero attached hydrogens (tertiary/aromatic N) is 3. The molecule has 0 aliphatic carbocycles. The average molecular weight is 437 g/mol. The number of hydrogen-bond donors (Lipinski definition) is 1. The SMILES string of the molecule is Cn1cc(S(=O)(=O)N2CCCC2)cc1C(=O)NN=C(c1ccccc1)c1ccccc1. The predicted molar refractivity (Wildman–Crippen MR) is 119 cm³/mol. The van der Waals surface area contributed by atoms with E-state index in [1.54, 1.807) is 7.05 Å². The summed E-state index contributed by atoms with van der Waals surface area (Å²) in [6, 6.07) is 20.5. The van der Waals surface area contributed by atoms with Crippen LogP contribution in [0.25, 0.3) is 0 Å². The smallest absolute Gasteiger partial charge is 0.288 e. The van der Waals surface area contributed by atoms with Crippen LogP contribution in [-0.2, 0) is 17.1 Å². The van der Waals surface area contributed by atoms with Crippen molar-refractivity contribution in [2.75, 3.05) is 13.1 Å². The van der Waals surface area contributed by atoms with Gasteiger partial charge in [-0.25, -0.2) is 13.8 Å². The van der Waals surface area contributed by atoms with E-state index in [4.69, 9.17) is 0 Å². The molecular formula is C23H24N4O3S. The summed E-state index contributed by atoms with van der Waals surface area (Å²) in [5, 5.41) is 4.37. The second kappa shape index (κ2) is 8.87. The van der Waals surface area contributed by atoms with Gasteiger partial charge in [-0.15, -0.1) is 0 Å². The summed E-state index contributed by atoms with van der Waals surface area (Å²) in [4.78, 5) is 13.0. The number of benzene rings is 2. The van der Waals surface area contributed by atoms with Crippen LogP contribution in [0.1, 0.15) is 34.5 Å². The molecular weight excluding hydrogens is 412 g/mol. The molecule has 0 saturated carbocycles. The Kier molecular flexibility index (Phi) is 6.01. The van der Waals surface area contributed by atoms with Crippen molar-refractivity contribution in [3.63, 3.8) is 0 Å². The summed E-state index contributed by atoms with van der Waals surface area (Å²) in [5.74, 6) is -0.477. The zero-order chi connectivity index (χ0) is 21.8. The van der Waals surface area contributed by atoms with E-state index in [1.165, 1.54) is 21.1 Å². The number of nitrogens with one attached hydrogen (secondary N) is 1. The Bertz CT molecular complexity index is 1150. The average Bonchev–Trinajstić information content (AvgIpc) is 3.46. The standard InChI is InChI=1S/C23H24N4O3S/c1-26-17-20(31(29,30)27-14-8-9-15-27)16-21(26)23(28)25-24-22(18-10-4-2-5-11-18)19-12-6-3-7-13-19/h2-7,10-13,16-17H,8-9,14-15H2,1H3,(H,25,28). The molecule has 0 spiro atoms. The molecule has 1 N–H and O–H groups in total. The quantitative estimate of drug-likeness (QED) is 0.476. The molecule has 2 heterocycles. The molecule has 1 aliphatic rings. The van der Waals surface area contributed by atoms with E-state index in [0.717, 1.165) is 24.0 Å². The Morgan fingerprint density at radius 3 is 2.03 bits per heavy atom. The molecule has 1 amide bonds. The maximum atomic E-state index is 12.8. The van der Waals surface area contributed by atoms with Gasteiger partial charge in [-0.05, 0) is 18.9 Å². The van der Waals surface area contributed by atoms with E-state index >= 15 is 0 Å². The number of hydrogen-bond acceptors (Lipinski definition) is 4. The lowest BCUT2D eigenvalue weighted by molar-refractivity contribution is 0.0947. The first kappa shape index (κ1) is 21.0. The van der Waals surface area contributed by atoms with Crippen LogP contribution in [0.5, 0.6) is 0 Å². The molecule has 3 aromatic rings. The fraction of sp³-hybridized carbons (Fsp3) is 0.217. The molecule has 8 heteroatoms. The van der Waals surface area contributed by atoms with Gasteiger partial charge in [0.15, 0.2) is 0 Å². The maximum Gasteiger partial charge on any atom is 0.288 e. The van der Waals surface area contributed by atoms with Crippen molar-refractivity contribution in [2.45, 2.75) is 17.7 Å². The first-order valence-electron chi connectivity index (χ1n) is 10.1. The number of aromatic nitrogens is 1. The molecule has 0 atom stereocenters. The molecule has 160 valence electrons.